The Morgan fingerprint density at radius 3 is 2.18 bits per heavy atom. The largest absolute Gasteiger partial charge is 0.453 e. The highest BCUT2D eigenvalue weighted by molar-refractivity contribution is 6.18. The summed E-state index contributed by atoms with van der Waals surface area (Å²) in [5.74, 6) is 1.78. The topological polar surface area (TPSA) is 52.0 Å². The van der Waals surface area contributed by atoms with Crippen LogP contribution in [0.1, 0.15) is 0 Å². The third-order valence-corrected chi connectivity index (χ3v) is 9.59. The van der Waals surface area contributed by atoms with Gasteiger partial charge in [-0.2, -0.15) is 0 Å². The first-order valence-electron chi connectivity index (χ1n) is 16.4. The molecule has 0 atom stereocenters. The van der Waals surface area contributed by atoms with Crippen LogP contribution in [0.3, 0.4) is 0 Å². The van der Waals surface area contributed by atoms with E-state index in [4.69, 9.17) is 9.40 Å². The van der Waals surface area contributed by atoms with Gasteiger partial charge in [0.2, 0.25) is 0 Å². The van der Waals surface area contributed by atoms with Crippen LogP contribution in [0.15, 0.2) is 163 Å². The lowest BCUT2D eigenvalue weighted by atomic mass is 10.0. The minimum atomic E-state index is 0.835. The number of aromatic nitrogens is 4. The van der Waals surface area contributed by atoms with E-state index >= 15 is 0 Å². The van der Waals surface area contributed by atoms with Gasteiger partial charge in [-0.05, 0) is 60.0 Å². The summed E-state index contributed by atoms with van der Waals surface area (Å²) in [5, 5.41) is 6.79. The molecule has 10 rings (SSSR count). The first-order chi connectivity index (χ1) is 24.2. The third-order valence-electron chi connectivity index (χ3n) is 9.59. The Morgan fingerprint density at radius 1 is 0.551 bits per heavy atom. The number of hydrogen-bond donors (Lipinski definition) is 0. The van der Waals surface area contributed by atoms with Crippen LogP contribution in [0.25, 0.3) is 71.7 Å². The number of fused-ring (bicyclic) bond motifs is 8. The second-order valence-electron chi connectivity index (χ2n) is 12.4. The molecule has 0 aliphatic carbocycles. The molecule has 0 radical (unpaired) electrons. The Morgan fingerprint density at radius 2 is 1.31 bits per heavy atom. The van der Waals surface area contributed by atoms with Crippen LogP contribution < -0.4 is 4.90 Å². The number of pyridine rings is 1. The Bertz CT molecular complexity index is 2860. The van der Waals surface area contributed by atoms with E-state index in [9.17, 15) is 0 Å². The van der Waals surface area contributed by atoms with Gasteiger partial charge in [-0.15, -0.1) is 0 Å². The summed E-state index contributed by atoms with van der Waals surface area (Å²) in [5.41, 5.74) is 7.90. The highest BCUT2D eigenvalue weighted by Crippen LogP contribution is 2.45. The molecule has 0 aliphatic rings. The Hall–Kier alpha value is -6.66. The molecule has 6 nitrogen and oxygen atoms in total. The molecule has 0 fully saturated rings. The van der Waals surface area contributed by atoms with E-state index in [2.05, 4.69) is 142 Å². The van der Waals surface area contributed by atoms with Crippen LogP contribution in [0.5, 0.6) is 0 Å². The Balaban J connectivity index is 1.27. The van der Waals surface area contributed by atoms with Gasteiger partial charge < -0.3 is 13.9 Å². The predicted octanol–water partition coefficient (Wildman–Crippen LogP) is 11.1. The fourth-order valence-corrected chi connectivity index (χ4v) is 7.37. The van der Waals surface area contributed by atoms with Crippen molar-refractivity contribution in [2.45, 2.75) is 0 Å². The molecule has 0 unspecified atom stereocenters. The standard InChI is InChI=1S/C43H29N5O/c1-46-25-24-45-43(46)29-11-8-12-30(26-29)47(38-17-9-15-35-36-21-19-28-10-2-3-13-32(28)41(36)49-42(35)38)31-20-22-34-33-14-4-5-16-37(33)48(39(34)27-31)40-18-6-7-23-44-40/h2-27H,1H3. The summed E-state index contributed by atoms with van der Waals surface area (Å²) >= 11 is 0. The van der Waals surface area contributed by atoms with E-state index in [-0.39, 0.29) is 0 Å². The molecular formula is C43H29N5O. The zero-order valence-corrected chi connectivity index (χ0v) is 26.7. The molecule has 0 spiro atoms. The number of nitrogens with zero attached hydrogens (tertiary/aromatic N) is 5. The summed E-state index contributed by atoms with van der Waals surface area (Å²) < 4.78 is 11.2. The number of hydrogen-bond acceptors (Lipinski definition) is 4. The molecule has 4 aromatic heterocycles. The van der Waals surface area contributed by atoms with Gasteiger partial charge in [-0.25, -0.2) is 9.97 Å². The van der Waals surface area contributed by atoms with Gasteiger partial charge >= 0.3 is 0 Å². The maximum atomic E-state index is 6.90. The fourth-order valence-electron chi connectivity index (χ4n) is 7.37. The number of furan rings is 1. The van der Waals surface area contributed by atoms with E-state index in [1.165, 1.54) is 10.8 Å². The SMILES string of the molecule is Cn1ccnc1-c1cccc(N(c2ccc3c4ccccc4n(-c4ccccn4)c3c2)c2cccc3c2oc2c4ccccc4ccc32)c1. The van der Waals surface area contributed by atoms with Gasteiger partial charge in [-0.3, -0.25) is 4.57 Å². The molecule has 6 aromatic carbocycles. The molecule has 0 amide bonds. The molecular weight excluding hydrogens is 603 g/mol. The van der Waals surface area contributed by atoms with Crippen molar-refractivity contribution in [2.75, 3.05) is 4.90 Å². The van der Waals surface area contributed by atoms with Crippen LogP contribution in [0, 0.1) is 0 Å². The van der Waals surface area contributed by atoms with Crippen molar-refractivity contribution in [2.24, 2.45) is 7.05 Å². The Kier molecular flexibility index (Phi) is 5.99. The fraction of sp³-hybridized carbons (Fsp3) is 0.0233. The van der Waals surface area contributed by atoms with E-state index < -0.39 is 0 Å². The number of para-hydroxylation sites is 2. The smallest absolute Gasteiger partial charge is 0.159 e. The lowest BCUT2D eigenvalue weighted by Gasteiger charge is -2.26. The number of rotatable bonds is 5. The van der Waals surface area contributed by atoms with Gasteiger partial charge in [0.05, 0.1) is 16.7 Å². The minimum Gasteiger partial charge on any atom is -0.453 e. The average Bonchev–Trinajstić information content (AvgIpc) is 3.86. The van der Waals surface area contributed by atoms with Crippen LogP contribution in [0.4, 0.5) is 17.1 Å². The van der Waals surface area contributed by atoms with E-state index in [1.807, 2.05) is 42.3 Å². The lowest BCUT2D eigenvalue weighted by molar-refractivity contribution is 0.673. The van der Waals surface area contributed by atoms with Crippen LogP contribution in [-0.2, 0) is 7.05 Å². The number of imidazole rings is 1. The van der Waals surface area contributed by atoms with Crippen LogP contribution >= 0.6 is 0 Å². The van der Waals surface area contributed by atoms with Crippen molar-refractivity contribution in [1.29, 1.82) is 0 Å². The van der Waals surface area contributed by atoms with Gasteiger partial charge in [-0.1, -0.05) is 84.9 Å². The summed E-state index contributed by atoms with van der Waals surface area (Å²) in [4.78, 5) is 11.7. The van der Waals surface area contributed by atoms with Crippen molar-refractivity contribution in [3.05, 3.63) is 158 Å². The maximum Gasteiger partial charge on any atom is 0.159 e. The maximum absolute atomic E-state index is 6.90. The van der Waals surface area contributed by atoms with Crippen molar-refractivity contribution >= 4 is 71.6 Å². The van der Waals surface area contributed by atoms with Gasteiger partial charge in [0.15, 0.2) is 5.58 Å². The molecule has 10 aromatic rings. The van der Waals surface area contributed by atoms with E-state index in [1.54, 1.807) is 0 Å². The van der Waals surface area contributed by atoms with Crippen molar-refractivity contribution in [3.8, 4) is 17.2 Å². The predicted molar refractivity (Wildman–Crippen MR) is 200 cm³/mol. The zero-order chi connectivity index (χ0) is 32.5. The number of anilines is 3. The molecule has 0 aliphatic heterocycles. The molecule has 0 saturated carbocycles. The minimum absolute atomic E-state index is 0.835. The summed E-state index contributed by atoms with van der Waals surface area (Å²) in [6.07, 6.45) is 5.66. The second kappa shape index (κ2) is 10.7. The van der Waals surface area contributed by atoms with Gasteiger partial charge in [0.25, 0.3) is 0 Å². The zero-order valence-electron chi connectivity index (χ0n) is 26.7. The average molecular weight is 632 g/mol. The van der Waals surface area contributed by atoms with Gasteiger partial charge in [0, 0.05) is 69.5 Å². The number of aryl methyl sites for hydroxylation is 1. The normalized spacial score (nSPS) is 11.8. The lowest BCUT2D eigenvalue weighted by Crippen LogP contribution is -2.11. The molecule has 0 saturated heterocycles. The van der Waals surface area contributed by atoms with Crippen molar-refractivity contribution < 1.29 is 4.42 Å². The summed E-state index contributed by atoms with van der Waals surface area (Å²) in [6, 6.07) is 49.1. The first kappa shape index (κ1) is 27.5. The van der Waals surface area contributed by atoms with Crippen molar-refractivity contribution in [3.63, 3.8) is 0 Å². The Labute approximate surface area is 281 Å². The molecule has 49 heavy (non-hydrogen) atoms. The van der Waals surface area contributed by atoms with Crippen LogP contribution in [-0.4, -0.2) is 19.1 Å². The monoisotopic (exact) mass is 631 g/mol. The summed E-state index contributed by atoms with van der Waals surface area (Å²) in [6.45, 7) is 0. The highest BCUT2D eigenvalue weighted by Gasteiger charge is 2.22. The third kappa shape index (κ3) is 4.21. The molecule has 0 bridgehead atoms. The van der Waals surface area contributed by atoms with E-state index in [0.29, 0.717) is 0 Å². The van der Waals surface area contributed by atoms with Gasteiger partial charge in [0.1, 0.15) is 17.2 Å². The van der Waals surface area contributed by atoms with Crippen molar-refractivity contribution in [1.82, 2.24) is 19.1 Å². The van der Waals surface area contributed by atoms with Crippen LogP contribution in [0.2, 0.25) is 0 Å². The second-order valence-corrected chi connectivity index (χ2v) is 12.4. The number of benzene rings is 6. The highest BCUT2D eigenvalue weighted by atomic mass is 16.3. The van der Waals surface area contributed by atoms with E-state index in [0.717, 1.165) is 78.0 Å². The molecule has 6 heteroatoms. The molecule has 4 heterocycles. The quantitative estimate of drug-likeness (QED) is 0.190. The molecule has 232 valence electrons. The molecule has 0 N–H and O–H groups in total. The first-order valence-corrected chi connectivity index (χ1v) is 16.4. The summed E-state index contributed by atoms with van der Waals surface area (Å²) in [7, 11) is 2.02.